The molecule has 4 aromatic rings. The summed E-state index contributed by atoms with van der Waals surface area (Å²) in [4.78, 5) is 56.2. The van der Waals surface area contributed by atoms with Crippen molar-refractivity contribution in [3.63, 3.8) is 0 Å². The Balaban J connectivity index is 0.789. The molecule has 1 atom stereocenters. The average molecular weight is 910 g/mol. The van der Waals surface area contributed by atoms with Crippen LogP contribution in [0.25, 0.3) is 0 Å². The number of halogens is 1. The summed E-state index contributed by atoms with van der Waals surface area (Å²) in [5.74, 6) is 1.27. The number of carbonyl (C=O) groups excluding carboxylic acids is 3. The number of fused-ring (bicyclic) bond motifs is 1. The molecule has 1 aliphatic carbocycles. The second kappa shape index (κ2) is 18.0. The number of hydrogen-bond donors (Lipinski definition) is 3. The second-order valence-electron chi connectivity index (χ2n) is 18.0. The Kier molecular flexibility index (Phi) is 12.4. The van der Waals surface area contributed by atoms with E-state index in [-0.39, 0.29) is 23.8 Å². The van der Waals surface area contributed by atoms with Gasteiger partial charge < -0.3 is 34.5 Å². The van der Waals surface area contributed by atoms with Crippen LogP contribution in [0.4, 0.5) is 28.8 Å². The van der Waals surface area contributed by atoms with Crippen molar-refractivity contribution in [3.05, 3.63) is 82.5 Å². The molecular formula is C47H57ClN9O6P. The van der Waals surface area contributed by atoms with Gasteiger partial charge in [-0.15, -0.1) is 0 Å². The first kappa shape index (κ1) is 44.0. The Morgan fingerprint density at radius 2 is 1.69 bits per heavy atom. The van der Waals surface area contributed by atoms with E-state index in [1.165, 1.54) is 11.3 Å². The number of imide groups is 1. The van der Waals surface area contributed by atoms with Gasteiger partial charge in [0.05, 0.1) is 36.8 Å². The number of anilines is 5. The maximum atomic E-state index is 13.4. The first-order valence-electron chi connectivity index (χ1n) is 22.4. The highest BCUT2D eigenvalue weighted by molar-refractivity contribution is 7.70. The predicted octanol–water partition coefficient (Wildman–Crippen LogP) is 6.40. The third-order valence-electron chi connectivity index (χ3n) is 13.7. The summed E-state index contributed by atoms with van der Waals surface area (Å²) in [6, 6.07) is 17.2. The van der Waals surface area contributed by atoms with Gasteiger partial charge in [0.1, 0.15) is 36.3 Å². The van der Waals surface area contributed by atoms with Crippen molar-refractivity contribution in [2.24, 2.45) is 0 Å². The smallest absolute Gasteiger partial charge is 0.255 e. The van der Waals surface area contributed by atoms with Crippen LogP contribution in [0.1, 0.15) is 66.9 Å². The van der Waals surface area contributed by atoms with Gasteiger partial charge in [-0.1, -0.05) is 36.7 Å². The molecule has 1 aromatic heterocycles. The zero-order valence-corrected chi connectivity index (χ0v) is 38.6. The summed E-state index contributed by atoms with van der Waals surface area (Å²) in [6.45, 7) is 12.4. The van der Waals surface area contributed by atoms with Crippen LogP contribution in [0, 0.1) is 0 Å². The van der Waals surface area contributed by atoms with Crippen LogP contribution < -0.4 is 35.6 Å². The lowest BCUT2D eigenvalue weighted by Crippen LogP contribution is -2.57. The number of piperazine rings is 1. The molecule has 1 unspecified atom stereocenters. The van der Waals surface area contributed by atoms with Crippen LogP contribution in [-0.2, 0) is 27.1 Å². The topological polar surface area (TPSA) is 162 Å². The molecule has 5 heterocycles. The standard InChI is InChI=1S/C47H57ClN9O6P/c1-5-30-25-36(51-46-49-27-34(48)43(53-46)50-35-10-6-7-12-41(35)64(3,4)61)40(62-2)26-38(30)55-19-15-31(16-20-55)54-21-23-56(24-22-54)47(17-18-47)29-63-39-11-8-9-32-33(39)28-57(45(32)60)37-13-14-42(58)52-44(37)59/h6-12,25-27,31,37H,5,13-24,28-29H2,1-4H3,(H,52,58,59)(H2,49,50,51,53). The number of hydrogen-bond acceptors (Lipinski definition) is 13. The summed E-state index contributed by atoms with van der Waals surface area (Å²) in [5, 5.41) is 10.1. The largest absolute Gasteiger partial charge is 0.494 e. The number of amides is 3. The number of methoxy groups -OCH3 is 1. The van der Waals surface area contributed by atoms with E-state index >= 15 is 0 Å². The molecule has 338 valence electrons. The van der Waals surface area contributed by atoms with E-state index in [9.17, 15) is 18.9 Å². The van der Waals surface area contributed by atoms with Crippen molar-refractivity contribution in [2.45, 2.75) is 76.0 Å². The zero-order chi connectivity index (χ0) is 44.8. The fourth-order valence-corrected chi connectivity index (χ4v) is 11.2. The summed E-state index contributed by atoms with van der Waals surface area (Å²) in [6.07, 6.45) is 7.28. The van der Waals surface area contributed by atoms with Crippen molar-refractivity contribution in [1.29, 1.82) is 0 Å². The molecule has 64 heavy (non-hydrogen) atoms. The Bertz CT molecular complexity index is 2500. The van der Waals surface area contributed by atoms with Crippen LogP contribution in [-0.4, -0.2) is 126 Å². The van der Waals surface area contributed by atoms with E-state index in [2.05, 4.69) is 54.7 Å². The highest BCUT2D eigenvalue weighted by Gasteiger charge is 2.50. The highest BCUT2D eigenvalue weighted by atomic mass is 35.5. The van der Waals surface area contributed by atoms with Crippen molar-refractivity contribution >= 4 is 70.6 Å². The number of aromatic nitrogens is 2. The fourth-order valence-electron chi connectivity index (χ4n) is 9.90. The minimum Gasteiger partial charge on any atom is -0.494 e. The summed E-state index contributed by atoms with van der Waals surface area (Å²) < 4.78 is 25.5. The molecule has 3 aromatic carbocycles. The van der Waals surface area contributed by atoms with Crippen molar-refractivity contribution in [1.82, 2.24) is 30.0 Å². The Hall–Kier alpha value is -5.21. The van der Waals surface area contributed by atoms with E-state index in [1.54, 1.807) is 37.6 Å². The van der Waals surface area contributed by atoms with E-state index in [0.29, 0.717) is 65.2 Å². The number of piperidine rings is 2. The number of benzene rings is 3. The Morgan fingerprint density at radius 3 is 2.39 bits per heavy atom. The Morgan fingerprint density at radius 1 is 0.922 bits per heavy atom. The molecule has 4 fully saturated rings. The van der Waals surface area contributed by atoms with Gasteiger partial charge in [-0.05, 0) is 87.7 Å². The number of nitrogens with zero attached hydrogens (tertiary/aromatic N) is 6. The van der Waals surface area contributed by atoms with Gasteiger partial charge >= 0.3 is 0 Å². The van der Waals surface area contributed by atoms with Crippen LogP contribution in [0.5, 0.6) is 11.5 Å². The van der Waals surface area contributed by atoms with Crippen molar-refractivity contribution in [3.8, 4) is 11.5 Å². The monoisotopic (exact) mass is 909 g/mol. The third kappa shape index (κ3) is 8.92. The van der Waals surface area contributed by atoms with Crippen LogP contribution in [0.15, 0.2) is 60.8 Å². The number of aryl methyl sites for hydroxylation is 1. The molecule has 5 aliphatic rings. The van der Waals surface area contributed by atoms with Crippen molar-refractivity contribution < 1.29 is 28.4 Å². The molecular weight excluding hydrogens is 853 g/mol. The number of carbonyl (C=O) groups is 3. The van der Waals surface area contributed by atoms with Gasteiger partial charge in [-0.25, -0.2) is 4.98 Å². The maximum absolute atomic E-state index is 13.4. The predicted molar refractivity (Wildman–Crippen MR) is 250 cm³/mol. The van der Waals surface area contributed by atoms with Gasteiger partial charge in [0, 0.05) is 79.9 Å². The summed E-state index contributed by atoms with van der Waals surface area (Å²) in [7, 11) is -0.886. The molecule has 3 saturated heterocycles. The summed E-state index contributed by atoms with van der Waals surface area (Å²) >= 11 is 6.54. The van der Waals surface area contributed by atoms with Crippen molar-refractivity contribution in [2.75, 3.05) is 81.8 Å². The van der Waals surface area contributed by atoms with Crippen LogP contribution in [0.2, 0.25) is 5.02 Å². The van der Waals surface area contributed by atoms with Gasteiger partial charge in [0.25, 0.3) is 5.91 Å². The molecule has 1 saturated carbocycles. The summed E-state index contributed by atoms with van der Waals surface area (Å²) in [5.41, 5.74) is 5.23. The minimum atomic E-state index is -2.56. The maximum Gasteiger partial charge on any atom is 0.255 e. The van der Waals surface area contributed by atoms with Gasteiger partial charge in [-0.2, -0.15) is 4.98 Å². The fraction of sp³-hybridized carbons (Fsp3) is 0.468. The molecule has 0 spiro atoms. The number of rotatable bonds is 14. The molecule has 17 heteroatoms. The first-order chi connectivity index (χ1) is 30.8. The second-order valence-corrected chi connectivity index (χ2v) is 21.6. The number of para-hydroxylation sites is 1. The average Bonchev–Trinajstić information content (AvgIpc) is 4.02. The van der Waals surface area contributed by atoms with E-state index in [4.69, 9.17) is 26.1 Å². The highest BCUT2D eigenvalue weighted by Crippen LogP contribution is 2.45. The molecule has 0 radical (unpaired) electrons. The molecule has 3 N–H and O–H groups in total. The zero-order valence-electron chi connectivity index (χ0n) is 37.0. The minimum absolute atomic E-state index is 0.00249. The van der Waals surface area contributed by atoms with Gasteiger partial charge in [-0.3, -0.25) is 29.5 Å². The Labute approximate surface area is 379 Å². The molecule has 15 nitrogen and oxygen atoms in total. The third-order valence-corrected chi connectivity index (χ3v) is 15.5. The molecule has 3 amide bonds. The first-order valence-corrected chi connectivity index (χ1v) is 25.4. The van der Waals surface area contributed by atoms with Crippen LogP contribution in [0.3, 0.4) is 0 Å². The van der Waals surface area contributed by atoms with E-state index in [0.717, 1.165) is 87.9 Å². The van der Waals surface area contributed by atoms with Gasteiger partial charge in [0.15, 0.2) is 5.82 Å². The lowest BCUT2D eigenvalue weighted by molar-refractivity contribution is -0.136. The van der Waals surface area contributed by atoms with E-state index < -0.39 is 19.1 Å². The number of nitrogens with one attached hydrogen (secondary N) is 3. The number of ether oxygens (including phenoxy) is 2. The quantitative estimate of drug-likeness (QED) is 0.0944. The lowest BCUT2D eigenvalue weighted by Gasteiger charge is -2.45. The van der Waals surface area contributed by atoms with Gasteiger partial charge in [0.2, 0.25) is 17.8 Å². The normalized spacial score (nSPS) is 20.5. The molecule has 4 aliphatic heterocycles. The lowest BCUT2D eigenvalue weighted by atomic mass is 9.99. The van der Waals surface area contributed by atoms with E-state index in [1.807, 2.05) is 36.4 Å². The van der Waals surface area contributed by atoms with Crippen LogP contribution >= 0.6 is 18.7 Å². The SMILES string of the molecule is CCc1cc(Nc2ncc(Cl)c(Nc3ccccc3P(C)(C)=O)n2)c(OC)cc1N1CCC(N2CCN(C3(COc4cccc5c4CN(C4CCC(=O)NC4=O)C5=O)CC3)CC2)CC1. The molecule has 9 rings (SSSR count). The molecule has 0 bridgehead atoms.